The van der Waals surface area contributed by atoms with Crippen LogP contribution in [0.3, 0.4) is 0 Å². The van der Waals surface area contributed by atoms with Crippen molar-refractivity contribution in [1.82, 2.24) is 15.1 Å². The van der Waals surface area contributed by atoms with Crippen LogP contribution in [0.5, 0.6) is 0 Å². The van der Waals surface area contributed by atoms with E-state index in [1.165, 1.54) is 6.42 Å². The summed E-state index contributed by atoms with van der Waals surface area (Å²) in [6.45, 7) is 3.76. The van der Waals surface area contributed by atoms with E-state index in [9.17, 15) is 14.4 Å². The molecule has 1 saturated carbocycles. The summed E-state index contributed by atoms with van der Waals surface area (Å²) in [7, 11) is 1.79. The van der Waals surface area contributed by atoms with E-state index in [0.29, 0.717) is 6.42 Å². The minimum atomic E-state index is -0.867. The maximum absolute atomic E-state index is 12.7. The molecule has 0 aromatic heterocycles. The lowest BCUT2D eigenvalue weighted by molar-refractivity contribution is -0.139. The molecule has 2 rings (SSSR count). The van der Waals surface area contributed by atoms with E-state index in [2.05, 4.69) is 12.2 Å². The number of amides is 4. The number of imide groups is 1. The average molecular weight is 351 g/mol. The van der Waals surface area contributed by atoms with Gasteiger partial charge < -0.3 is 10.2 Å². The first-order valence-electron chi connectivity index (χ1n) is 9.79. The highest BCUT2D eigenvalue weighted by molar-refractivity contribution is 6.08. The molecule has 1 heterocycles. The van der Waals surface area contributed by atoms with Crippen LogP contribution in [0.25, 0.3) is 0 Å². The highest BCUT2D eigenvalue weighted by Gasteiger charge is 2.48. The number of urea groups is 1. The first kappa shape index (κ1) is 19.7. The standard InChI is InChI=1S/C19H33N3O3/c1-4-5-6-10-13-19(2)17(24)22(18(25)20-19)14-16(23)21(3)15-11-8-7-9-12-15/h15H,4-14H2,1-3H3,(H,20,25). The van der Waals surface area contributed by atoms with E-state index in [-0.39, 0.29) is 24.4 Å². The SMILES string of the molecule is CCCCCCC1(C)NC(=O)N(CC(=O)N(C)C2CCCCC2)C1=O. The van der Waals surface area contributed by atoms with Gasteiger partial charge in [0.05, 0.1) is 0 Å². The number of hydrogen-bond donors (Lipinski definition) is 1. The van der Waals surface area contributed by atoms with Crippen molar-refractivity contribution in [2.24, 2.45) is 0 Å². The Balaban J connectivity index is 1.91. The molecule has 0 bridgehead atoms. The Kier molecular flexibility index (Phi) is 6.85. The summed E-state index contributed by atoms with van der Waals surface area (Å²) >= 11 is 0. The van der Waals surface area contributed by atoms with Crippen LogP contribution < -0.4 is 5.32 Å². The Labute approximate surface area is 151 Å². The first-order chi connectivity index (χ1) is 11.9. The molecular weight excluding hydrogens is 318 g/mol. The van der Waals surface area contributed by atoms with Crippen LogP contribution >= 0.6 is 0 Å². The summed E-state index contributed by atoms with van der Waals surface area (Å²) < 4.78 is 0. The molecule has 0 aromatic carbocycles. The zero-order valence-corrected chi connectivity index (χ0v) is 16.0. The highest BCUT2D eigenvalue weighted by atomic mass is 16.2. The molecule has 6 nitrogen and oxygen atoms in total. The van der Waals surface area contributed by atoms with Crippen molar-refractivity contribution in [2.45, 2.75) is 89.6 Å². The first-order valence-corrected chi connectivity index (χ1v) is 9.79. The van der Waals surface area contributed by atoms with Gasteiger partial charge in [-0.2, -0.15) is 0 Å². The summed E-state index contributed by atoms with van der Waals surface area (Å²) in [4.78, 5) is 40.3. The van der Waals surface area contributed by atoms with Crippen molar-refractivity contribution >= 4 is 17.8 Å². The third-order valence-corrected chi connectivity index (χ3v) is 5.68. The Bertz CT molecular complexity index is 502. The van der Waals surface area contributed by atoms with Crippen LogP contribution in [-0.2, 0) is 9.59 Å². The van der Waals surface area contributed by atoms with Gasteiger partial charge in [-0.15, -0.1) is 0 Å². The molecule has 6 heteroatoms. The van der Waals surface area contributed by atoms with E-state index >= 15 is 0 Å². The average Bonchev–Trinajstić information content (AvgIpc) is 2.82. The molecule has 142 valence electrons. The molecule has 1 aliphatic heterocycles. The molecule has 1 unspecified atom stereocenters. The Hall–Kier alpha value is -1.59. The molecular formula is C19H33N3O3. The zero-order chi connectivity index (χ0) is 18.4. The zero-order valence-electron chi connectivity index (χ0n) is 16.0. The number of likely N-dealkylation sites (N-methyl/N-ethyl adjacent to an activating group) is 1. The molecule has 2 aliphatic rings. The van der Waals surface area contributed by atoms with Crippen LogP contribution in [0.4, 0.5) is 4.79 Å². The molecule has 4 amide bonds. The van der Waals surface area contributed by atoms with Crippen LogP contribution in [0.2, 0.25) is 0 Å². The maximum Gasteiger partial charge on any atom is 0.325 e. The predicted octanol–water partition coefficient (Wildman–Crippen LogP) is 3.06. The third-order valence-electron chi connectivity index (χ3n) is 5.68. The van der Waals surface area contributed by atoms with Crippen LogP contribution in [0.1, 0.15) is 78.1 Å². The molecule has 0 radical (unpaired) electrons. The van der Waals surface area contributed by atoms with Gasteiger partial charge in [-0.3, -0.25) is 14.5 Å². The minimum Gasteiger partial charge on any atom is -0.341 e. The molecule has 1 atom stereocenters. The van der Waals surface area contributed by atoms with Crippen LogP contribution in [0.15, 0.2) is 0 Å². The van der Waals surface area contributed by atoms with Gasteiger partial charge in [0.25, 0.3) is 5.91 Å². The van der Waals surface area contributed by atoms with E-state index in [1.807, 2.05) is 0 Å². The molecule has 2 fully saturated rings. The second-order valence-corrected chi connectivity index (χ2v) is 7.76. The lowest BCUT2D eigenvalue weighted by atomic mass is 9.94. The lowest BCUT2D eigenvalue weighted by Gasteiger charge is -2.32. The van der Waals surface area contributed by atoms with Crippen molar-refractivity contribution in [3.8, 4) is 0 Å². The van der Waals surface area contributed by atoms with Crippen molar-refractivity contribution in [2.75, 3.05) is 13.6 Å². The quantitative estimate of drug-likeness (QED) is 0.540. The summed E-state index contributed by atoms with van der Waals surface area (Å²) in [5, 5.41) is 2.80. The van der Waals surface area contributed by atoms with Gasteiger partial charge in [0.1, 0.15) is 12.1 Å². The van der Waals surface area contributed by atoms with Crippen LogP contribution in [0, 0.1) is 0 Å². The van der Waals surface area contributed by atoms with E-state index in [1.54, 1.807) is 18.9 Å². The molecule has 0 spiro atoms. The highest BCUT2D eigenvalue weighted by Crippen LogP contribution is 2.25. The van der Waals surface area contributed by atoms with Gasteiger partial charge >= 0.3 is 6.03 Å². The van der Waals surface area contributed by atoms with Crippen molar-refractivity contribution in [3.63, 3.8) is 0 Å². The second-order valence-electron chi connectivity index (χ2n) is 7.76. The molecule has 25 heavy (non-hydrogen) atoms. The third kappa shape index (κ3) is 4.73. The summed E-state index contributed by atoms with van der Waals surface area (Å²) in [6, 6.07) is -0.198. The fourth-order valence-electron chi connectivity index (χ4n) is 3.88. The summed E-state index contributed by atoms with van der Waals surface area (Å²) in [5.74, 6) is -0.412. The number of nitrogens with zero attached hydrogens (tertiary/aromatic N) is 2. The fourth-order valence-corrected chi connectivity index (χ4v) is 3.88. The number of rotatable bonds is 8. The Morgan fingerprint density at radius 3 is 2.52 bits per heavy atom. The van der Waals surface area contributed by atoms with Gasteiger partial charge in [-0.25, -0.2) is 4.79 Å². The Morgan fingerprint density at radius 1 is 1.20 bits per heavy atom. The second kappa shape index (κ2) is 8.68. The summed E-state index contributed by atoms with van der Waals surface area (Å²) in [6.07, 6.45) is 10.4. The number of carbonyl (C=O) groups is 3. The number of nitrogens with one attached hydrogen (secondary N) is 1. The maximum atomic E-state index is 12.7. The molecule has 1 N–H and O–H groups in total. The fraction of sp³-hybridized carbons (Fsp3) is 0.842. The van der Waals surface area contributed by atoms with Crippen LogP contribution in [-0.4, -0.2) is 52.8 Å². The van der Waals surface area contributed by atoms with Gasteiger partial charge in [0.15, 0.2) is 0 Å². The number of unbranched alkanes of at least 4 members (excludes halogenated alkanes) is 3. The lowest BCUT2D eigenvalue weighted by Crippen LogP contribution is -2.47. The van der Waals surface area contributed by atoms with Crippen molar-refractivity contribution in [1.29, 1.82) is 0 Å². The number of carbonyl (C=O) groups excluding carboxylic acids is 3. The summed E-state index contributed by atoms with van der Waals surface area (Å²) in [5.41, 5.74) is -0.867. The number of hydrogen-bond acceptors (Lipinski definition) is 3. The van der Waals surface area contributed by atoms with E-state index in [4.69, 9.17) is 0 Å². The topological polar surface area (TPSA) is 69.7 Å². The van der Waals surface area contributed by atoms with Crippen molar-refractivity contribution in [3.05, 3.63) is 0 Å². The van der Waals surface area contributed by atoms with Gasteiger partial charge in [0.2, 0.25) is 5.91 Å². The normalized spacial score (nSPS) is 24.5. The largest absolute Gasteiger partial charge is 0.341 e. The smallest absolute Gasteiger partial charge is 0.325 e. The minimum absolute atomic E-state index is 0.148. The molecule has 1 saturated heterocycles. The molecule has 1 aliphatic carbocycles. The van der Waals surface area contributed by atoms with Gasteiger partial charge in [0, 0.05) is 13.1 Å². The van der Waals surface area contributed by atoms with E-state index < -0.39 is 11.6 Å². The predicted molar refractivity (Wildman–Crippen MR) is 97.1 cm³/mol. The molecule has 0 aromatic rings. The van der Waals surface area contributed by atoms with Gasteiger partial charge in [-0.05, 0) is 26.2 Å². The van der Waals surface area contributed by atoms with Crippen molar-refractivity contribution < 1.29 is 14.4 Å². The van der Waals surface area contributed by atoms with Gasteiger partial charge in [-0.1, -0.05) is 51.9 Å². The monoisotopic (exact) mass is 351 g/mol. The van der Waals surface area contributed by atoms with E-state index in [0.717, 1.165) is 56.3 Å². The Morgan fingerprint density at radius 2 is 1.88 bits per heavy atom.